The van der Waals surface area contributed by atoms with E-state index in [0.29, 0.717) is 35.5 Å². The molecule has 0 saturated heterocycles. The number of nitrogens with zero attached hydrogens (tertiary/aromatic N) is 1. The first-order valence-electron chi connectivity index (χ1n) is 7.20. The van der Waals surface area contributed by atoms with Gasteiger partial charge < -0.3 is 15.5 Å². The van der Waals surface area contributed by atoms with Gasteiger partial charge in [0, 0.05) is 29.8 Å². The minimum absolute atomic E-state index is 0.328. The Bertz CT molecular complexity index is 975. The highest BCUT2D eigenvalue weighted by molar-refractivity contribution is 5.95. The van der Waals surface area contributed by atoms with Crippen LogP contribution in [0.4, 0.5) is 5.69 Å². The van der Waals surface area contributed by atoms with Gasteiger partial charge in [-0.25, -0.2) is 4.79 Å². The van der Waals surface area contributed by atoms with Crippen molar-refractivity contribution in [1.82, 2.24) is 15.0 Å². The molecule has 0 radical (unpaired) electrons. The zero-order chi connectivity index (χ0) is 16.4. The lowest BCUT2D eigenvalue weighted by Crippen LogP contribution is -2.24. The molecule has 0 bridgehead atoms. The second kappa shape index (κ2) is 5.96. The van der Waals surface area contributed by atoms with Gasteiger partial charge in [0.2, 0.25) is 0 Å². The summed E-state index contributed by atoms with van der Waals surface area (Å²) in [5.74, 6) is 0.537. The highest BCUT2D eigenvalue weighted by Gasteiger charge is 2.13. The molecule has 0 aliphatic carbocycles. The van der Waals surface area contributed by atoms with Crippen LogP contribution in [0.2, 0.25) is 0 Å². The van der Waals surface area contributed by atoms with Gasteiger partial charge in [-0.15, -0.1) is 0 Å². The molecule has 7 heteroatoms. The van der Waals surface area contributed by atoms with Crippen LogP contribution in [0.3, 0.4) is 0 Å². The van der Waals surface area contributed by atoms with Crippen LogP contribution in [-0.4, -0.2) is 21.6 Å². The number of rotatable bonds is 4. The zero-order valence-electron chi connectivity index (χ0n) is 12.6. The van der Waals surface area contributed by atoms with Gasteiger partial charge in [-0.2, -0.15) is 0 Å². The SMILES string of the molecule is CCOc1cc(Cc2c[nH]c(=O)[nH]c2=O)c2cccnc2c1N. The Kier molecular flexibility index (Phi) is 3.84. The molecular weight excluding hydrogens is 296 g/mol. The maximum atomic E-state index is 11.9. The fraction of sp³-hybridized carbons (Fsp3) is 0.188. The van der Waals surface area contributed by atoms with Crippen LogP contribution >= 0.6 is 0 Å². The number of fused-ring (bicyclic) bond motifs is 1. The van der Waals surface area contributed by atoms with Gasteiger partial charge in [-0.05, 0) is 24.6 Å². The van der Waals surface area contributed by atoms with Gasteiger partial charge in [0.1, 0.15) is 11.4 Å². The Hall–Kier alpha value is -3.09. The molecule has 0 fully saturated rings. The quantitative estimate of drug-likeness (QED) is 0.626. The second-order valence-corrected chi connectivity index (χ2v) is 5.05. The minimum atomic E-state index is -0.530. The first-order valence-corrected chi connectivity index (χ1v) is 7.20. The fourth-order valence-corrected chi connectivity index (χ4v) is 2.50. The average molecular weight is 312 g/mol. The maximum Gasteiger partial charge on any atom is 0.325 e. The van der Waals surface area contributed by atoms with E-state index in [2.05, 4.69) is 15.0 Å². The molecule has 118 valence electrons. The molecule has 0 spiro atoms. The molecule has 23 heavy (non-hydrogen) atoms. The molecule has 0 unspecified atom stereocenters. The number of H-pyrrole nitrogens is 2. The van der Waals surface area contributed by atoms with E-state index in [1.807, 2.05) is 25.1 Å². The molecule has 2 aromatic heterocycles. The lowest BCUT2D eigenvalue weighted by molar-refractivity contribution is 0.342. The third-order valence-electron chi connectivity index (χ3n) is 3.56. The number of hydrogen-bond donors (Lipinski definition) is 3. The van der Waals surface area contributed by atoms with Crippen molar-refractivity contribution < 1.29 is 4.74 Å². The summed E-state index contributed by atoms with van der Waals surface area (Å²) >= 11 is 0. The molecule has 7 nitrogen and oxygen atoms in total. The molecule has 0 saturated carbocycles. The van der Waals surface area contributed by atoms with E-state index in [1.165, 1.54) is 6.20 Å². The number of hydrogen-bond acceptors (Lipinski definition) is 5. The number of nitrogens with two attached hydrogens (primary N) is 1. The van der Waals surface area contributed by atoms with Gasteiger partial charge >= 0.3 is 5.69 Å². The largest absolute Gasteiger partial charge is 0.492 e. The Morgan fingerprint density at radius 3 is 2.87 bits per heavy atom. The number of aromatic amines is 2. The summed E-state index contributed by atoms with van der Waals surface area (Å²) in [6.07, 6.45) is 3.40. The molecule has 3 rings (SSSR count). The maximum absolute atomic E-state index is 11.9. The van der Waals surface area contributed by atoms with E-state index in [9.17, 15) is 9.59 Å². The van der Waals surface area contributed by atoms with E-state index < -0.39 is 11.2 Å². The number of nitrogens with one attached hydrogen (secondary N) is 2. The van der Waals surface area contributed by atoms with Gasteiger partial charge in [-0.3, -0.25) is 14.8 Å². The Balaban J connectivity index is 2.17. The summed E-state index contributed by atoms with van der Waals surface area (Å²) in [7, 11) is 0. The normalized spacial score (nSPS) is 10.8. The van der Waals surface area contributed by atoms with Crippen LogP contribution in [-0.2, 0) is 6.42 Å². The smallest absolute Gasteiger partial charge is 0.325 e. The number of anilines is 1. The molecule has 0 aliphatic rings. The third-order valence-corrected chi connectivity index (χ3v) is 3.56. The molecule has 1 aromatic carbocycles. The second-order valence-electron chi connectivity index (χ2n) is 5.05. The minimum Gasteiger partial charge on any atom is -0.492 e. The third kappa shape index (κ3) is 2.80. The van der Waals surface area contributed by atoms with Gasteiger partial charge in [0.25, 0.3) is 5.56 Å². The van der Waals surface area contributed by atoms with Crippen molar-refractivity contribution in [3.8, 4) is 5.75 Å². The van der Waals surface area contributed by atoms with Crippen molar-refractivity contribution in [2.24, 2.45) is 0 Å². The van der Waals surface area contributed by atoms with E-state index in [0.717, 1.165) is 10.9 Å². The number of aromatic nitrogens is 3. The van der Waals surface area contributed by atoms with Gasteiger partial charge in [-0.1, -0.05) is 6.07 Å². The standard InChI is InChI=1S/C16H16N4O3/c1-2-23-12-7-9(6-10-8-19-16(22)20-15(10)21)11-4-3-5-18-14(11)13(12)17/h3-5,7-8H,2,6,17H2,1H3,(H2,19,20,21,22). The van der Waals surface area contributed by atoms with E-state index in [-0.39, 0.29) is 0 Å². The molecule has 3 aromatic rings. The van der Waals surface area contributed by atoms with Crippen LogP contribution in [0, 0.1) is 0 Å². The number of nitrogen functional groups attached to an aromatic ring is 1. The summed E-state index contributed by atoms with van der Waals surface area (Å²) in [5, 5.41) is 0.846. The molecule has 4 N–H and O–H groups in total. The van der Waals surface area contributed by atoms with E-state index >= 15 is 0 Å². The lowest BCUT2D eigenvalue weighted by Gasteiger charge is -2.13. The predicted octanol–water partition coefficient (Wildman–Crippen LogP) is 1.18. The van der Waals surface area contributed by atoms with Gasteiger partial charge in [0.05, 0.1) is 12.1 Å². The first-order chi connectivity index (χ1) is 11.1. The Morgan fingerprint density at radius 2 is 2.13 bits per heavy atom. The molecule has 0 aliphatic heterocycles. The van der Waals surface area contributed by atoms with Crippen molar-refractivity contribution in [2.45, 2.75) is 13.3 Å². The van der Waals surface area contributed by atoms with Crippen LogP contribution in [0.1, 0.15) is 18.1 Å². The first kappa shape index (κ1) is 14.8. The Labute approximate surface area is 131 Å². The average Bonchev–Trinajstić information content (AvgIpc) is 2.54. The summed E-state index contributed by atoms with van der Waals surface area (Å²) < 4.78 is 5.56. The van der Waals surface area contributed by atoms with E-state index in [4.69, 9.17) is 10.5 Å². The summed E-state index contributed by atoms with van der Waals surface area (Å²) in [6, 6.07) is 5.51. The fourth-order valence-electron chi connectivity index (χ4n) is 2.50. The van der Waals surface area contributed by atoms with Crippen LogP contribution in [0.15, 0.2) is 40.2 Å². The molecule has 0 atom stereocenters. The van der Waals surface area contributed by atoms with Crippen LogP contribution in [0.5, 0.6) is 5.75 Å². The highest BCUT2D eigenvalue weighted by atomic mass is 16.5. The number of pyridine rings is 1. The molecular formula is C16H16N4O3. The van der Waals surface area contributed by atoms with Crippen molar-refractivity contribution in [3.05, 3.63) is 62.6 Å². The highest BCUT2D eigenvalue weighted by Crippen LogP contribution is 2.33. The summed E-state index contributed by atoms with van der Waals surface area (Å²) in [4.78, 5) is 32.1. The van der Waals surface area contributed by atoms with Crippen molar-refractivity contribution >= 4 is 16.6 Å². The molecule has 2 heterocycles. The zero-order valence-corrected chi connectivity index (χ0v) is 12.6. The summed E-state index contributed by atoms with van der Waals surface area (Å²) in [5.41, 5.74) is 7.57. The van der Waals surface area contributed by atoms with Crippen molar-refractivity contribution in [2.75, 3.05) is 12.3 Å². The van der Waals surface area contributed by atoms with E-state index in [1.54, 1.807) is 6.20 Å². The number of benzene rings is 1. The predicted molar refractivity (Wildman–Crippen MR) is 87.8 cm³/mol. The monoisotopic (exact) mass is 312 g/mol. The Morgan fingerprint density at radius 1 is 1.30 bits per heavy atom. The van der Waals surface area contributed by atoms with Gasteiger partial charge in [0.15, 0.2) is 0 Å². The van der Waals surface area contributed by atoms with Crippen molar-refractivity contribution in [3.63, 3.8) is 0 Å². The van der Waals surface area contributed by atoms with Crippen LogP contribution < -0.4 is 21.7 Å². The molecule has 0 amide bonds. The lowest BCUT2D eigenvalue weighted by atomic mass is 10.0. The van der Waals surface area contributed by atoms with Crippen molar-refractivity contribution in [1.29, 1.82) is 0 Å². The topological polar surface area (TPSA) is 114 Å². The van der Waals surface area contributed by atoms with Crippen LogP contribution in [0.25, 0.3) is 10.9 Å². The number of ether oxygens (including phenoxy) is 1. The summed E-state index contributed by atoms with van der Waals surface area (Å²) in [6.45, 7) is 2.34.